The van der Waals surface area contributed by atoms with Crippen LogP contribution in [-0.2, 0) is 0 Å². The lowest BCUT2D eigenvalue weighted by atomic mass is 9.76. The standard InChI is InChI=1S/C19H36N2/c1-2-13-20-16-19(9-5-6-10-19)17-21-14-11-18(12-15-21)7-3-4-8-18/h20H,2-17H2,1H3. The van der Waals surface area contributed by atoms with E-state index < -0.39 is 0 Å². The van der Waals surface area contributed by atoms with Crippen LogP contribution in [0.25, 0.3) is 0 Å². The van der Waals surface area contributed by atoms with Crippen LogP contribution in [0.2, 0.25) is 0 Å². The summed E-state index contributed by atoms with van der Waals surface area (Å²) in [5, 5.41) is 3.73. The van der Waals surface area contributed by atoms with Crippen molar-refractivity contribution >= 4 is 0 Å². The van der Waals surface area contributed by atoms with Gasteiger partial charge in [0.2, 0.25) is 0 Å². The largest absolute Gasteiger partial charge is 0.316 e. The van der Waals surface area contributed by atoms with Gasteiger partial charge in [-0.25, -0.2) is 0 Å². The number of hydrogen-bond acceptors (Lipinski definition) is 2. The molecule has 1 aliphatic heterocycles. The molecular formula is C19H36N2. The number of nitrogens with one attached hydrogen (secondary N) is 1. The molecule has 3 fully saturated rings. The summed E-state index contributed by atoms with van der Waals surface area (Å²) in [6.45, 7) is 8.89. The molecule has 0 aromatic rings. The molecule has 0 aromatic heterocycles. The Morgan fingerprint density at radius 3 is 2.10 bits per heavy atom. The van der Waals surface area contributed by atoms with E-state index in [0.29, 0.717) is 5.41 Å². The highest BCUT2D eigenvalue weighted by Crippen LogP contribution is 2.47. The summed E-state index contributed by atoms with van der Waals surface area (Å²) in [4.78, 5) is 2.82. The van der Waals surface area contributed by atoms with Crippen molar-refractivity contribution in [3.8, 4) is 0 Å². The highest BCUT2D eigenvalue weighted by atomic mass is 15.1. The Balaban J connectivity index is 1.50. The van der Waals surface area contributed by atoms with Gasteiger partial charge in [-0.2, -0.15) is 0 Å². The van der Waals surface area contributed by atoms with Crippen LogP contribution in [0.1, 0.15) is 77.6 Å². The van der Waals surface area contributed by atoms with Crippen molar-refractivity contribution in [1.29, 1.82) is 0 Å². The topological polar surface area (TPSA) is 15.3 Å². The summed E-state index contributed by atoms with van der Waals surface area (Å²) >= 11 is 0. The third-order valence-corrected chi connectivity index (χ3v) is 6.73. The molecule has 1 N–H and O–H groups in total. The molecule has 21 heavy (non-hydrogen) atoms. The Morgan fingerprint density at radius 2 is 1.48 bits per heavy atom. The number of hydrogen-bond donors (Lipinski definition) is 1. The Labute approximate surface area is 132 Å². The molecule has 0 amide bonds. The number of rotatable bonds is 6. The van der Waals surface area contributed by atoms with Crippen LogP contribution in [0, 0.1) is 10.8 Å². The van der Waals surface area contributed by atoms with E-state index in [9.17, 15) is 0 Å². The first-order chi connectivity index (χ1) is 10.3. The van der Waals surface area contributed by atoms with Crippen molar-refractivity contribution in [2.75, 3.05) is 32.7 Å². The molecular weight excluding hydrogens is 256 g/mol. The van der Waals surface area contributed by atoms with Gasteiger partial charge >= 0.3 is 0 Å². The first-order valence-corrected chi connectivity index (χ1v) is 9.69. The lowest BCUT2D eigenvalue weighted by Crippen LogP contribution is -2.47. The van der Waals surface area contributed by atoms with Crippen LogP contribution in [-0.4, -0.2) is 37.6 Å². The summed E-state index contributed by atoms with van der Waals surface area (Å²) in [6.07, 6.45) is 16.2. The second-order valence-corrected chi connectivity index (χ2v) is 8.37. The highest BCUT2D eigenvalue weighted by Gasteiger charge is 2.40. The van der Waals surface area contributed by atoms with Crippen molar-refractivity contribution in [3.05, 3.63) is 0 Å². The van der Waals surface area contributed by atoms with Crippen LogP contribution < -0.4 is 5.32 Å². The Morgan fingerprint density at radius 1 is 0.857 bits per heavy atom. The van der Waals surface area contributed by atoms with E-state index in [1.54, 1.807) is 0 Å². The lowest BCUT2D eigenvalue weighted by Gasteiger charge is -2.43. The molecule has 0 unspecified atom stereocenters. The second kappa shape index (κ2) is 7.00. The van der Waals surface area contributed by atoms with Gasteiger partial charge in [-0.05, 0) is 75.4 Å². The van der Waals surface area contributed by atoms with Gasteiger partial charge in [-0.3, -0.25) is 0 Å². The molecule has 1 spiro atoms. The van der Waals surface area contributed by atoms with Gasteiger partial charge < -0.3 is 10.2 Å². The van der Waals surface area contributed by atoms with E-state index in [0.717, 1.165) is 5.41 Å². The molecule has 2 nitrogen and oxygen atoms in total. The number of piperidine rings is 1. The Hall–Kier alpha value is -0.0800. The van der Waals surface area contributed by atoms with E-state index in [-0.39, 0.29) is 0 Å². The SMILES string of the molecule is CCCNCC1(CN2CCC3(CCCC3)CC2)CCCC1. The quantitative estimate of drug-likeness (QED) is 0.738. The van der Waals surface area contributed by atoms with Gasteiger partial charge in [0, 0.05) is 13.1 Å². The van der Waals surface area contributed by atoms with Gasteiger partial charge in [0.1, 0.15) is 0 Å². The van der Waals surface area contributed by atoms with E-state index in [2.05, 4.69) is 17.1 Å². The van der Waals surface area contributed by atoms with Crippen molar-refractivity contribution in [2.24, 2.45) is 10.8 Å². The Kier molecular flexibility index (Phi) is 5.27. The van der Waals surface area contributed by atoms with E-state index >= 15 is 0 Å². The van der Waals surface area contributed by atoms with Crippen LogP contribution in [0.5, 0.6) is 0 Å². The van der Waals surface area contributed by atoms with Crippen LogP contribution in [0.15, 0.2) is 0 Å². The van der Waals surface area contributed by atoms with Gasteiger partial charge in [0.25, 0.3) is 0 Å². The molecule has 122 valence electrons. The zero-order valence-corrected chi connectivity index (χ0v) is 14.3. The average molecular weight is 293 g/mol. The zero-order chi connectivity index (χ0) is 14.6. The fraction of sp³-hybridized carbons (Fsp3) is 1.00. The summed E-state index contributed by atoms with van der Waals surface area (Å²) in [7, 11) is 0. The molecule has 0 aromatic carbocycles. The molecule has 1 saturated heterocycles. The summed E-state index contributed by atoms with van der Waals surface area (Å²) in [5.41, 5.74) is 1.38. The zero-order valence-electron chi connectivity index (χ0n) is 14.3. The minimum absolute atomic E-state index is 0.606. The first-order valence-electron chi connectivity index (χ1n) is 9.69. The third kappa shape index (κ3) is 3.82. The highest BCUT2D eigenvalue weighted by molar-refractivity contribution is 4.94. The van der Waals surface area contributed by atoms with Crippen LogP contribution in [0.4, 0.5) is 0 Å². The predicted octanol–water partition coefficient (Wildman–Crippen LogP) is 4.20. The van der Waals surface area contributed by atoms with Gasteiger partial charge in [0.15, 0.2) is 0 Å². The Bertz CT molecular complexity index is 304. The van der Waals surface area contributed by atoms with Crippen molar-refractivity contribution < 1.29 is 0 Å². The maximum Gasteiger partial charge on any atom is 0.00501 e. The fourth-order valence-corrected chi connectivity index (χ4v) is 5.33. The summed E-state index contributed by atoms with van der Waals surface area (Å²) in [5.74, 6) is 0. The van der Waals surface area contributed by atoms with Gasteiger partial charge in [0.05, 0.1) is 0 Å². The maximum absolute atomic E-state index is 3.73. The van der Waals surface area contributed by atoms with Crippen molar-refractivity contribution in [3.63, 3.8) is 0 Å². The monoisotopic (exact) mass is 292 g/mol. The smallest absolute Gasteiger partial charge is 0.00501 e. The third-order valence-electron chi connectivity index (χ3n) is 6.73. The minimum atomic E-state index is 0.606. The molecule has 3 aliphatic rings. The average Bonchev–Trinajstić information content (AvgIpc) is 3.13. The lowest BCUT2D eigenvalue weighted by molar-refractivity contribution is 0.0687. The molecule has 1 heterocycles. The summed E-state index contributed by atoms with van der Waals surface area (Å²) in [6, 6.07) is 0. The van der Waals surface area contributed by atoms with Gasteiger partial charge in [-0.15, -0.1) is 0 Å². The second-order valence-electron chi connectivity index (χ2n) is 8.37. The van der Waals surface area contributed by atoms with Crippen molar-refractivity contribution in [2.45, 2.75) is 77.6 Å². The molecule has 0 atom stereocenters. The fourth-order valence-electron chi connectivity index (χ4n) is 5.33. The van der Waals surface area contributed by atoms with Crippen LogP contribution in [0.3, 0.4) is 0 Å². The molecule has 0 radical (unpaired) electrons. The van der Waals surface area contributed by atoms with E-state index in [1.807, 2.05) is 0 Å². The van der Waals surface area contributed by atoms with Crippen molar-refractivity contribution in [1.82, 2.24) is 10.2 Å². The molecule has 2 saturated carbocycles. The molecule has 2 heteroatoms. The number of likely N-dealkylation sites (tertiary alicyclic amines) is 1. The maximum atomic E-state index is 3.73. The summed E-state index contributed by atoms with van der Waals surface area (Å²) < 4.78 is 0. The predicted molar refractivity (Wildman–Crippen MR) is 90.6 cm³/mol. The van der Waals surface area contributed by atoms with E-state index in [4.69, 9.17) is 0 Å². The molecule has 2 aliphatic carbocycles. The number of nitrogens with zero attached hydrogens (tertiary/aromatic N) is 1. The first kappa shape index (κ1) is 15.8. The minimum Gasteiger partial charge on any atom is -0.316 e. The molecule has 3 rings (SSSR count). The molecule has 0 bridgehead atoms. The van der Waals surface area contributed by atoms with E-state index in [1.165, 1.54) is 103 Å². The normalized spacial score (nSPS) is 28.4. The van der Waals surface area contributed by atoms with Gasteiger partial charge in [-0.1, -0.05) is 32.6 Å². The van der Waals surface area contributed by atoms with Crippen LogP contribution >= 0.6 is 0 Å².